The summed E-state index contributed by atoms with van der Waals surface area (Å²) in [6.45, 7) is 4.43. The highest BCUT2D eigenvalue weighted by atomic mass is 35.5. The van der Waals surface area contributed by atoms with E-state index in [0.717, 1.165) is 24.7 Å². The van der Waals surface area contributed by atoms with Gasteiger partial charge in [0, 0.05) is 46.6 Å². The van der Waals surface area contributed by atoms with Crippen LogP contribution in [0.5, 0.6) is 0 Å². The zero-order chi connectivity index (χ0) is 19.7. The van der Waals surface area contributed by atoms with E-state index in [1.165, 1.54) is 24.7 Å². The van der Waals surface area contributed by atoms with Crippen molar-refractivity contribution in [1.82, 2.24) is 4.98 Å². The van der Waals surface area contributed by atoms with Crippen LogP contribution in [0.25, 0.3) is 10.9 Å². The topological polar surface area (TPSA) is 68.3 Å². The number of anilines is 3. The highest BCUT2D eigenvalue weighted by molar-refractivity contribution is 6.31. The summed E-state index contributed by atoms with van der Waals surface area (Å²) in [5, 5.41) is 16.0. The lowest BCUT2D eigenvalue weighted by molar-refractivity contribution is -0.254. The number of benzene rings is 2. The van der Waals surface area contributed by atoms with Crippen molar-refractivity contribution >= 4 is 45.5 Å². The van der Waals surface area contributed by atoms with Gasteiger partial charge >= 0.3 is 0 Å². The van der Waals surface area contributed by atoms with Gasteiger partial charge in [-0.3, -0.25) is 4.98 Å². The Balaban J connectivity index is 1.65. The second-order valence-corrected chi connectivity index (χ2v) is 7.77. The Morgan fingerprint density at radius 2 is 1.89 bits per heavy atom. The monoisotopic (exact) mass is 394 g/mol. The second-order valence-electron chi connectivity index (χ2n) is 7.34. The highest BCUT2D eigenvalue weighted by Gasteiger charge is 2.16. The highest BCUT2D eigenvalue weighted by Crippen LogP contribution is 2.32. The minimum atomic E-state index is -1.28. The van der Waals surface area contributed by atoms with Crippen LogP contribution in [0.4, 0.5) is 17.1 Å². The molecule has 1 saturated heterocycles. The third kappa shape index (κ3) is 3.76. The molecule has 0 spiro atoms. The van der Waals surface area contributed by atoms with Gasteiger partial charge in [-0.2, -0.15) is 0 Å². The lowest BCUT2D eigenvalue weighted by Gasteiger charge is -2.32. The fourth-order valence-electron chi connectivity index (χ4n) is 3.62. The standard InChI is InChI=1S/C22H22ClN3O2/c1-14-8-10-26(11-9-14)17-5-3-16(4-6-17)25-21-18-12-15(23)2-7-20(18)24-13-19(21)22(27)28/h2-7,12-14H,8-11H2,1H3,(H,24,25)(H,27,28)/p-1. The average molecular weight is 395 g/mol. The minimum Gasteiger partial charge on any atom is -0.545 e. The smallest absolute Gasteiger partial charge is 0.0752 e. The van der Waals surface area contributed by atoms with Crippen LogP contribution in [0, 0.1) is 5.92 Å². The maximum Gasteiger partial charge on any atom is 0.0752 e. The third-order valence-corrected chi connectivity index (χ3v) is 5.57. The number of aromatic carboxylic acids is 1. The van der Waals surface area contributed by atoms with Crippen LogP contribution in [0.3, 0.4) is 0 Å². The zero-order valence-corrected chi connectivity index (χ0v) is 16.4. The summed E-state index contributed by atoms with van der Waals surface area (Å²) in [6, 6.07) is 13.3. The molecule has 0 atom stereocenters. The summed E-state index contributed by atoms with van der Waals surface area (Å²) in [6.07, 6.45) is 3.73. The molecule has 5 nitrogen and oxygen atoms in total. The Bertz CT molecular complexity index is 1010. The molecule has 3 aromatic rings. The van der Waals surface area contributed by atoms with Crippen molar-refractivity contribution in [2.75, 3.05) is 23.3 Å². The van der Waals surface area contributed by atoms with E-state index in [-0.39, 0.29) is 5.56 Å². The van der Waals surface area contributed by atoms with Crippen molar-refractivity contribution in [3.63, 3.8) is 0 Å². The van der Waals surface area contributed by atoms with Gasteiger partial charge < -0.3 is 20.1 Å². The summed E-state index contributed by atoms with van der Waals surface area (Å²) in [7, 11) is 0. The van der Waals surface area contributed by atoms with Crippen molar-refractivity contribution in [3.05, 3.63) is 59.2 Å². The molecule has 28 heavy (non-hydrogen) atoms. The third-order valence-electron chi connectivity index (χ3n) is 5.34. The molecule has 1 aliphatic heterocycles. The zero-order valence-electron chi connectivity index (χ0n) is 15.6. The predicted octanol–water partition coefficient (Wildman–Crippen LogP) is 4.23. The maximum absolute atomic E-state index is 11.6. The molecule has 0 saturated carbocycles. The van der Waals surface area contributed by atoms with Crippen LogP contribution in [0.1, 0.15) is 30.1 Å². The average Bonchev–Trinajstić information content (AvgIpc) is 2.69. The Labute approximate surface area is 169 Å². The Morgan fingerprint density at radius 1 is 1.18 bits per heavy atom. The van der Waals surface area contributed by atoms with Gasteiger partial charge in [0.15, 0.2) is 0 Å². The number of carbonyl (C=O) groups excluding carboxylic acids is 1. The predicted molar refractivity (Wildman–Crippen MR) is 111 cm³/mol. The normalized spacial score (nSPS) is 15.0. The first-order valence-corrected chi connectivity index (χ1v) is 9.80. The molecule has 144 valence electrons. The first kappa shape index (κ1) is 18.6. The van der Waals surface area contributed by atoms with E-state index in [2.05, 4.69) is 34.3 Å². The second kappa shape index (κ2) is 7.68. The number of piperidine rings is 1. The quantitative estimate of drug-likeness (QED) is 0.717. The van der Waals surface area contributed by atoms with Gasteiger partial charge in [-0.15, -0.1) is 0 Å². The minimum absolute atomic E-state index is 0.00358. The maximum atomic E-state index is 11.6. The molecule has 4 rings (SSSR count). The molecule has 0 unspecified atom stereocenters. The van der Waals surface area contributed by atoms with Crippen molar-refractivity contribution in [2.24, 2.45) is 5.92 Å². The van der Waals surface area contributed by atoms with E-state index in [9.17, 15) is 9.90 Å². The van der Waals surface area contributed by atoms with E-state index in [0.29, 0.717) is 21.6 Å². The summed E-state index contributed by atoms with van der Waals surface area (Å²) in [5.74, 6) is -0.497. The molecule has 1 aromatic heterocycles. The molecular weight excluding hydrogens is 374 g/mol. The molecule has 0 aliphatic carbocycles. The molecule has 2 aromatic carbocycles. The number of carboxylic acids is 1. The number of fused-ring (bicyclic) bond motifs is 1. The van der Waals surface area contributed by atoms with Gasteiger partial charge in [0.05, 0.1) is 17.2 Å². The molecule has 0 amide bonds. The Kier molecular flexibility index (Phi) is 5.09. The van der Waals surface area contributed by atoms with Gasteiger partial charge in [0.25, 0.3) is 0 Å². The number of hydrogen-bond acceptors (Lipinski definition) is 5. The van der Waals surface area contributed by atoms with Crippen LogP contribution in [-0.2, 0) is 0 Å². The van der Waals surface area contributed by atoms with Gasteiger partial charge in [-0.25, -0.2) is 0 Å². The van der Waals surface area contributed by atoms with E-state index in [1.807, 2.05) is 12.1 Å². The number of nitrogens with one attached hydrogen (secondary N) is 1. The van der Waals surface area contributed by atoms with Crippen molar-refractivity contribution in [2.45, 2.75) is 19.8 Å². The Morgan fingerprint density at radius 3 is 2.57 bits per heavy atom. The molecule has 1 fully saturated rings. The van der Waals surface area contributed by atoms with Crippen LogP contribution in [-0.4, -0.2) is 24.0 Å². The SMILES string of the molecule is CC1CCN(c2ccc(Nc3c(C(=O)[O-])cnc4ccc(Cl)cc34)cc2)CC1. The molecule has 0 radical (unpaired) electrons. The van der Waals surface area contributed by atoms with Crippen LogP contribution < -0.4 is 15.3 Å². The van der Waals surface area contributed by atoms with Crippen LogP contribution >= 0.6 is 11.6 Å². The van der Waals surface area contributed by atoms with E-state index in [4.69, 9.17) is 11.6 Å². The number of carboxylic acid groups (broad SMARTS) is 1. The van der Waals surface area contributed by atoms with Gasteiger partial charge in [0.2, 0.25) is 0 Å². The number of hydrogen-bond donors (Lipinski definition) is 1. The first-order valence-electron chi connectivity index (χ1n) is 9.43. The van der Waals surface area contributed by atoms with Crippen molar-refractivity contribution in [3.8, 4) is 0 Å². The van der Waals surface area contributed by atoms with E-state index in [1.54, 1.807) is 18.2 Å². The van der Waals surface area contributed by atoms with Gasteiger partial charge in [-0.1, -0.05) is 18.5 Å². The summed E-state index contributed by atoms with van der Waals surface area (Å²) in [4.78, 5) is 18.2. The fraction of sp³-hybridized carbons (Fsp3) is 0.273. The first-order chi connectivity index (χ1) is 13.5. The van der Waals surface area contributed by atoms with E-state index < -0.39 is 5.97 Å². The fourth-order valence-corrected chi connectivity index (χ4v) is 3.79. The number of nitrogens with zero attached hydrogens (tertiary/aromatic N) is 2. The molecular formula is C22H21ClN3O2-. The lowest BCUT2D eigenvalue weighted by atomic mass is 9.99. The largest absolute Gasteiger partial charge is 0.545 e. The summed E-state index contributed by atoms with van der Waals surface area (Å²) >= 11 is 6.12. The van der Waals surface area contributed by atoms with Crippen LogP contribution in [0.2, 0.25) is 5.02 Å². The summed E-state index contributed by atoms with van der Waals surface area (Å²) < 4.78 is 0. The molecule has 1 aliphatic rings. The van der Waals surface area contributed by atoms with Gasteiger partial charge in [-0.05, 0) is 61.2 Å². The van der Waals surface area contributed by atoms with Crippen LogP contribution in [0.15, 0.2) is 48.7 Å². The molecule has 0 bridgehead atoms. The van der Waals surface area contributed by atoms with Crippen molar-refractivity contribution in [1.29, 1.82) is 0 Å². The van der Waals surface area contributed by atoms with E-state index >= 15 is 0 Å². The molecule has 6 heteroatoms. The lowest BCUT2D eigenvalue weighted by Crippen LogP contribution is -2.32. The molecule has 2 heterocycles. The van der Waals surface area contributed by atoms with Crippen molar-refractivity contribution < 1.29 is 9.90 Å². The number of carbonyl (C=O) groups is 1. The number of rotatable bonds is 4. The number of pyridine rings is 1. The number of halogens is 1. The Hall–Kier alpha value is -2.79. The van der Waals surface area contributed by atoms with Gasteiger partial charge in [0.1, 0.15) is 0 Å². The molecule has 1 N–H and O–H groups in total. The number of aromatic nitrogens is 1. The summed E-state index contributed by atoms with van der Waals surface area (Å²) in [5.41, 5.74) is 3.08.